The molecule has 0 saturated carbocycles. The van der Waals surface area contributed by atoms with Crippen molar-refractivity contribution in [2.24, 2.45) is 7.05 Å². The number of tetrazole rings is 1. The minimum absolute atomic E-state index is 0.223. The van der Waals surface area contributed by atoms with Crippen LogP contribution in [0.2, 0.25) is 0 Å². The molecule has 10 heteroatoms. The molecule has 0 spiro atoms. The van der Waals surface area contributed by atoms with Crippen LogP contribution in [0.1, 0.15) is 16.8 Å². The Bertz CT molecular complexity index is 1450. The van der Waals surface area contributed by atoms with Crippen LogP contribution in [-0.4, -0.2) is 34.7 Å². The van der Waals surface area contributed by atoms with Crippen LogP contribution in [0.5, 0.6) is 6.01 Å². The van der Waals surface area contributed by atoms with Crippen LogP contribution in [0.25, 0.3) is 17.0 Å². The highest BCUT2D eigenvalue weighted by Crippen LogP contribution is 2.25. The first-order chi connectivity index (χ1) is 16.2. The monoisotopic (exact) mass is 437 g/mol. The number of benzene rings is 2. The second-order valence-corrected chi connectivity index (χ2v) is 7.29. The summed E-state index contributed by atoms with van der Waals surface area (Å²) in [5, 5.41) is 24.0. The van der Waals surface area contributed by atoms with Crippen LogP contribution < -0.4 is 10.1 Å². The number of imidazole rings is 1. The molecule has 0 fully saturated rings. The number of fused-ring (bicyclic) bond motifs is 1. The minimum Gasteiger partial charge on any atom is -0.458 e. The van der Waals surface area contributed by atoms with Gasteiger partial charge < -0.3 is 10.1 Å². The summed E-state index contributed by atoms with van der Waals surface area (Å²) in [4.78, 5) is 9.23. The zero-order chi connectivity index (χ0) is 22.6. The first kappa shape index (κ1) is 20.1. The molecule has 33 heavy (non-hydrogen) atoms. The van der Waals surface area contributed by atoms with Crippen molar-refractivity contribution < 1.29 is 4.74 Å². The van der Waals surface area contributed by atoms with E-state index in [9.17, 15) is 0 Å². The molecule has 3 heterocycles. The van der Waals surface area contributed by atoms with Gasteiger partial charge in [-0.25, -0.2) is 14.2 Å². The Kier molecular flexibility index (Phi) is 5.35. The predicted octanol–water partition coefficient (Wildman–Crippen LogP) is 3.01. The normalized spacial score (nSPS) is 10.8. The number of ether oxygens (including phenoxy) is 1. The van der Waals surface area contributed by atoms with E-state index in [-0.39, 0.29) is 6.61 Å². The van der Waals surface area contributed by atoms with Crippen molar-refractivity contribution in [2.45, 2.75) is 13.2 Å². The van der Waals surface area contributed by atoms with Crippen LogP contribution >= 0.6 is 0 Å². The molecular formula is C23H19N9O. The number of hydrogen-bond donors (Lipinski definition) is 1. The van der Waals surface area contributed by atoms with Gasteiger partial charge in [-0.1, -0.05) is 35.4 Å². The number of aromatic nitrogens is 7. The topological polar surface area (TPSA) is 119 Å². The number of anilines is 1. The minimum atomic E-state index is 0.223. The number of nitrogens with one attached hydrogen (secondary N) is 1. The van der Waals surface area contributed by atoms with E-state index in [1.54, 1.807) is 28.4 Å². The molecule has 5 aromatic rings. The number of nitrogens with zero attached hydrogens (tertiary/aromatic N) is 8. The summed E-state index contributed by atoms with van der Waals surface area (Å²) in [5.74, 6) is 1.23. The van der Waals surface area contributed by atoms with E-state index in [4.69, 9.17) is 10.00 Å². The number of aryl methyl sites for hydroxylation is 1. The fourth-order valence-corrected chi connectivity index (χ4v) is 3.39. The highest BCUT2D eigenvalue weighted by atomic mass is 16.5. The molecular weight excluding hydrogens is 418 g/mol. The van der Waals surface area contributed by atoms with Gasteiger partial charge in [0.1, 0.15) is 12.4 Å². The molecule has 1 N–H and O–H groups in total. The fraction of sp³-hybridized carbons (Fsp3) is 0.130. The maximum Gasteiger partial charge on any atom is 0.305 e. The number of pyridine rings is 1. The van der Waals surface area contributed by atoms with Crippen molar-refractivity contribution in [3.05, 3.63) is 83.6 Å². The van der Waals surface area contributed by atoms with Crippen LogP contribution in [0.3, 0.4) is 0 Å². The molecule has 0 atom stereocenters. The van der Waals surface area contributed by atoms with Gasteiger partial charge in [0.05, 0.1) is 28.4 Å². The molecule has 3 aromatic heterocycles. The highest BCUT2D eigenvalue weighted by Gasteiger charge is 2.18. The zero-order valence-electron chi connectivity index (χ0n) is 17.8. The summed E-state index contributed by atoms with van der Waals surface area (Å²) in [5.41, 5.74) is 4.06. The van der Waals surface area contributed by atoms with Crippen LogP contribution in [-0.2, 0) is 20.2 Å². The van der Waals surface area contributed by atoms with Gasteiger partial charge in [-0.05, 0) is 52.4 Å². The molecule has 0 amide bonds. The van der Waals surface area contributed by atoms with Crippen molar-refractivity contribution in [1.29, 1.82) is 5.26 Å². The second-order valence-electron chi connectivity index (χ2n) is 7.29. The second kappa shape index (κ2) is 8.76. The maximum atomic E-state index is 8.92. The highest BCUT2D eigenvalue weighted by molar-refractivity contribution is 5.78. The molecule has 162 valence electrons. The molecule has 0 aliphatic rings. The molecule has 2 aromatic carbocycles. The SMILES string of the molecule is Cn1nnnc1-n1c(OCc2cccc(NCc3ccc(C#N)cc3)n2)nc2ccccc21. The van der Waals surface area contributed by atoms with Gasteiger partial charge in [0.2, 0.25) is 0 Å². The Morgan fingerprint density at radius 2 is 1.85 bits per heavy atom. The largest absolute Gasteiger partial charge is 0.458 e. The first-order valence-corrected chi connectivity index (χ1v) is 10.2. The Balaban J connectivity index is 1.33. The lowest BCUT2D eigenvalue weighted by atomic mass is 10.1. The molecule has 5 rings (SSSR count). The number of rotatable bonds is 7. The first-order valence-electron chi connectivity index (χ1n) is 10.2. The molecule has 0 aliphatic heterocycles. The van der Waals surface area contributed by atoms with Crippen LogP contribution in [0, 0.1) is 11.3 Å². The Labute approximate surface area is 189 Å². The van der Waals surface area contributed by atoms with E-state index in [0.29, 0.717) is 24.1 Å². The Morgan fingerprint density at radius 1 is 1.00 bits per heavy atom. The quantitative estimate of drug-likeness (QED) is 0.413. The average Bonchev–Trinajstić information content (AvgIpc) is 3.44. The Morgan fingerprint density at radius 3 is 2.64 bits per heavy atom. The lowest BCUT2D eigenvalue weighted by Gasteiger charge is -2.10. The fourth-order valence-electron chi connectivity index (χ4n) is 3.39. The van der Waals surface area contributed by atoms with E-state index >= 15 is 0 Å². The van der Waals surface area contributed by atoms with E-state index in [1.807, 2.05) is 54.6 Å². The van der Waals surface area contributed by atoms with Gasteiger partial charge in [-0.2, -0.15) is 10.2 Å². The predicted molar refractivity (Wildman–Crippen MR) is 120 cm³/mol. The lowest BCUT2D eigenvalue weighted by molar-refractivity contribution is 0.272. The van der Waals surface area contributed by atoms with Crippen LogP contribution in [0.15, 0.2) is 66.7 Å². The van der Waals surface area contributed by atoms with Gasteiger partial charge in [0.25, 0.3) is 5.95 Å². The summed E-state index contributed by atoms with van der Waals surface area (Å²) in [6.07, 6.45) is 0. The van der Waals surface area contributed by atoms with Crippen LogP contribution in [0.4, 0.5) is 5.82 Å². The molecule has 0 radical (unpaired) electrons. The van der Waals surface area contributed by atoms with E-state index in [2.05, 4.69) is 36.9 Å². The molecule has 0 unspecified atom stereocenters. The third-order valence-electron chi connectivity index (χ3n) is 5.04. The summed E-state index contributed by atoms with van der Waals surface area (Å²) < 4.78 is 9.39. The van der Waals surface area contributed by atoms with E-state index in [0.717, 1.165) is 28.1 Å². The summed E-state index contributed by atoms with van der Waals surface area (Å²) in [6.45, 7) is 0.818. The summed E-state index contributed by atoms with van der Waals surface area (Å²) in [7, 11) is 1.76. The van der Waals surface area contributed by atoms with Gasteiger partial charge in [0, 0.05) is 13.6 Å². The van der Waals surface area contributed by atoms with Crippen molar-refractivity contribution in [3.8, 4) is 18.0 Å². The third-order valence-corrected chi connectivity index (χ3v) is 5.04. The van der Waals surface area contributed by atoms with Gasteiger partial charge in [-0.3, -0.25) is 0 Å². The van der Waals surface area contributed by atoms with E-state index < -0.39 is 0 Å². The molecule has 10 nitrogen and oxygen atoms in total. The molecule has 0 bridgehead atoms. The van der Waals surface area contributed by atoms with E-state index in [1.165, 1.54) is 0 Å². The van der Waals surface area contributed by atoms with Crippen molar-refractivity contribution in [1.82, 2.24) is 34.7 Å². The van der Waals surface area contributed by atoms with Gasteiger partial charge in [0.15, 0.2) is 0 Å². The standard InChI is InChI=1S/C23H19N9O/c1-31-22(28-29-30-31)32-20-7-3-2-6-19(20)27-23(32)33-15-18-5-4-8-21(26-18)25-14-17-11-9-16(13-24)10-12-17/h2-12H,14-15H2,1H3,(H,25,26). The summed E-state index contributed by atoms with van der Waals surface area (Å²) in [6, 6.07) is 23.4. The molecule has 0 saturated heterocycles. The number of para-hydroxylation sites is 2. The smallest absolute Gasteiger partial charge is 0.305 e. The van der Waals surface area contributed by atoms with Crippen molar-refractivity contribution in [2.75, 3.05) is 5.32 Å². The summed E-state index contributed by atoms with van der Waals surface area (Å²) >= 11 is 0. The van der Waals surface area contributed by atoms with Gasteiger partial charge in [-0.15, -0.1) is 0 Å². The van der Waals surface area contributed by atoms with Crippen molar-refractivity contribution >= 4 is 16.9 Å². The number of nitriles is 1. The average molecular weight is 437 g/mol. The maximum absolute atomic E-state index is 8.92. The zero-order valence-corrected chi connectivity index (χ0v) is 17.8. The molecule has 0 aliphatic carbocycles. The third kappa shape index (κ3) is 4.20. The Hall–Kier alpha value is -4.78. The van der Waals surface area contributed by atoms with Crippen molar-refractivity contribution in [3.63, 3.8) is 0 Å². The number of hydrogen-bond acceptors (Lipinski definition) is 8. The van der Waals surface area contributed by atoms with Gasteiger partial charge >= 0.3 is 6.01 Å². The lowest BCUT2D eigenvalue weighted by Crippen LogP contribution is -2.09.